The first-order valence-electron chi connectivity index (χ1n) is 7.44. The van der Waals surface area contributed by atoms with Gasteiger partial charge in [0, 0.05) is 34.5 Å². The Morgan fingerprint density at radius 1 is 1.43 bits per heavy atom. The molecule has 2 heterocycles. The lowest BCUT2D eigenvalue weighted by Gasteiger charge is -2.37. The third kappa shape index (κ3) is 2.82. The van der Waals surface area contributed by atoms with Crippen LogP contribution in [0.25, 0.3) is 11.0 Å². The fraction of sp³-hybridized carbons (Fsp3) is 0.471. The topological polar surface area (TPSA) is 33.5 Å². The smallest absolute Gasteiger partial charge is 0.227 e. The Hall–Kier alpha value is -1.42. The molecule has 0 saturated carbocycles. The standard InChI is InChI=1S/C17H21NO2S/c1-11-4-5-15-14(10-20-16(15)8-11)9-17(19)18-6-7-21-13(3)12(18)2/h4-5,8,10,12-13H,6-7,9H2,1-3H3. The van der Waals surface area contributed by atoms with Crippen molar-refractivity contribution in [1.82, 2.24) is 4.90 Å². The number of furan rings is 1. The summed E-state index contributed by atoms with van der Waals surface area (Å²) < 4.78 is 5.59. The number of carbonyl (C=O) groups excluding carboxylic acids is 1. The number of rotatable bonds is 2. The second-order valence-corrected chi connectivity index (χ2v) is 7.33. The highest BCUT2D eigenvalue weighted by Crippen LogP contribution is 2.27. The van der Waals surface area contributed by atoms with Gasteiger partial charge in [0.1, 0.15) is 5.58 Å². The number of hydrogen-bond acceptors (Lipinski definition) is 3. The molecule has 1 aromatic carbocycles. The van der Waals surface area contributed by atoms with Gasteiger partial charge in [-0.25, -0.2) is 0 Å². The monoisotopic (exact) mass is 303 g/mol. The summed E-state index contributed by atoms with van der Waals surface area (Å²) in [6.45, 7) is 7.24. The number of amides is 1. The molecule has 4 heteroatoms. The van der Waals surface area contributed by atoms with Crippen LogP contribution in [0.2, 0.25) is 0 Å². The van der Waals surface area contributed by atoms with Gasteiger partial charge in [-0.15, -0.1) is 0 Å². The lowest BCUT2D eigenvalue weighted by molar-refractivity contribution is -0.132. The summed E-state index contributed by atoms with van der Waals surface area (Å²) in [5.74, 6) is 1.24. The average Bonchev–Trinajstić information content (AvgIpc) is 2.84. The Morgan fingerprint density at radius 2 is 2.24 bits per heavy atom. The van der Waals surface area contributed by atoms with Gasteiger partial charge in [0.25, 0.3) is 0 Å². The van der Waals surface area contributed by atoms with Crippen LogP contribution in [0.4, 0.5) is 0 Å². The molecule has 1 aromatic heterocycles. The van der Waals surface area contributed by atoms with Gasteiger partial charge in [0.05, 0.1) is 12.7 Å². The average molecular weight is 303 g/mol. The summed E-state index contributed by atoms with van der Waals surface area (Å²) in [6, 6.07) is 6.44. The van der Waals surface area contributed by atoms with Crippen molar-refractivity contribution in [2.24, 2.45) is 0 Å². The van der Waals surface area contributed by atoms with Gasteiger partial charge in [-0.3, -0.25) is 4.79 Å². The molecule has 1 amide bonds. The van der Waals surface area contributed by atoms with E-state index in [1.165, 1.54) is 5.56 Å². The van der Waals surface area contributed by atoms with Crippen LogP contribution in [-0.2, 0) is 11.2 Å². The summed E-state index contributed by atoms with van der Waals surface area (Å²) in [5, 5.41) is 1.56. The predicted molar refractivity (Wildman–Crippen MR) is 87.8 cm³/mol. The third-order valence-electron chi connectivity index (χ3n) is 4.36. The van der Waals surface area contributed by atoms with E-state index in [0.29, 0.717) is 17.7 Å². The summed E-state index contributed by atoms with van der Waals surface area (Å²) >= 11 is 1.95. The zero-order chi connectivity index (χ0) is 15.0. The zero-order valence-corrected chi connectivity index (χ0v) is 13.6. The molecule has 0 N–H and O–H groups in total. The molecule has 0 bridgehead atoms. The first kappa shape index (κ1) is 14.5. The van der Waals surface area contributed by atoms with Crippen molar-refractivity contribution in [3.8, 4) is 0 Å². The molecule has 2 atom stereocenters. The van der Waals surface area contributed by atoms with E-state index < -0.39 is 0 Å². The quantitative estimate of drug-likeness (QED) is 0.849. The van der Waals surface area contributed by atoms with Crippen molar-refractivity contribution in [1.29, 1.82) is 0 Å². The number of benzene rings is 1. The van der Waals surface area contributed by atoms with Gasteiger partial charge < -0.3 is 9.32 Å². The normalized spacial score (nSPS) is 22.7. The van der Waals surface area contributed by atoms with Crippen molar-refractivity contribution in [2.45, 2.75) is 38.5 Å². The maximum Gasteiger partial charge on any atom is 0.227 e. The molecule has 1 aliphatic rings. The van der Waals surface area contributed by atoms with Crippen LogP contribution in [0.15, 0.2) is 28.9 Å². The number of fused-ring (bicyclic) bond motifs is 1. The Balaban J connectivity index is 1.80. The molecule has 0 spiro atoms. The van der Waals surface area contributed by atoms with Gasteiger partial charge in [-0.1, -0.05) is 19.1 Å². The first-order valence-corrected chi connectivity index (χ1v) is 8.49. The van der Waals surface area contributed by atoms with Crippen LogP contribution in [-0.4, -0.2) is 34.4 Å². The highest BCUT2D eigenvalue weighted by atomic mass is 32.2. The third-order valence-corrected chi connectivity index (χ3v) is 5.70. The zero-order valence-electron chi connectivity index (χ0n) is 12.8. The van der Waals surface area contributed by atoms with Crippen molar-refractivity contribution >= 4 is 28.6 Å². The van der Waals surface area contributed by atoms with Gasteiger partial charge in [-0.05, 0) is 25.5 Å². The van der Waals surface area contributed by atoms with Gasteiger partial charge >= 0.3 is 0 Å². The van der Waals surface area contributed by atoms with E-state index >= 15 is 0 Å². The lowest BCUT2D eigenvalue weighted by atomic mass is 10.1. The Kier molecular flexibility index (Phi) is 3.98. The molecule has 2 aromatic rings. The van der Waals surface area contributed by atoms with E-state index in [9.17, 15) is 4.79 Å². The molecule has 3 nitrogen and oxygen atoms in total. The van der Waals surface area contributed by atoms with E-state index in [2.05, 4.69) is 26.0 Å². The maximum atomic E-state index is 12.6. The van der Waals surface area contributed by atoms with Crippen molar-refractivity contribution < 1.29 is 9.21 Å². The summed E-state index contributed by atoms with van der Waals surface area (Å²) in [7, 11) is 0. The molecule has 1 saturated heterocycles. The SMILES string of the molecule is Cc1ccc2c(CC(=O)N3CCSC(C)C3C)coc2c1. The largest absolute Gasteiger partial charge is 0.464 e. The minimum atomic E-state index is 0.206. The minimum absolute atomic E-state index is 0.206. The van der Waals surface area contributed by atoms with Crippen LogP contribution in [0.5, 0.6) is 0 Å². The second-order valence-electron chi connectivity index (χ2n) is 5.84. The molecular formula is C17H21NO2S. The summed E-state index contributed by atoms with van der Waals surface area (Å²) in [6.07, 6.45) is 2.16. The van der Waals surface area contributed by atoms with Crippen molar-refractivity contribution in [3.63, 3.8) is 0 Å². The molecule has 1 fully saturated rings. The van der Waals surface area contributed by atoms with Crippen LogP contribution in [0, 0.1) is 6.92 Å². The van der Waals surface area contributed by atoms with Crippen LogP contribution >= 0.6 is 11.8 Å². The van der Waals surface area contributed by atoms with Crippen LogP contribution in [0.3, 0.4) is 0 Å². The minimum Gasteiger partial charge on any atom is -0.464 e. The number of aryl methyl sites for hydroxylation is 1. The number of carbonyl (C=O) groups is 1. The fourth-order valence-electron chi connectivity index (χ4n) is 2.88. The lowest BCUT2D eigenvalue weighted by Crippen LogP contribution is -2.48. The van der Waals surface area contributed by atoms with Crippen LogP contribution < -0.4 is 0 Å². The van der Waals surface area contributed by atoms with E-state index in [1.54, 1.807) is 6.26 Å². The van der Waals surface area contributed by atoms with Gasteiger partial charge in [0.15, 0.2) is 0 Å². The molecule has 3 rings (SSSR count). The molecular weight excluding hydrogens is 282 g/mol. The Morgan fingerprint density at radius 3 is 3.05 bits per heavy atom. The predicted octanol–water partition coefficient (Wildman–Crippen LogP) is 3.64. The molecule has 1 aliphatic heterocycles. The van der Waals surface area contributed by atoms with Crippen molar-refractivity contribution in [3.05, 3.63) is 35.6 Å². The fourth-order valence-corrected chi connectivity index (χ4v) is 3.98. The Labute approximate surface area is 129 Å². The van der Waals surface area contributed by atoms with Crippen molar-refractivity contribution in [2.75, 3.05) is 12.3 Å². The first-order chi connectivity index (χ1) is 10.1. The highest BCUT2D eigenvalue weighted by Gasteiger charge is 2.29. The highest BCUT2D eigenvalue weighted by molar-refractivity contribution is 8.00. The summed E-state index contributed by atoms with van der Waals surface area (Å²) in [4.78, 5) is 14.6. The Bertz CT molecular complexity index is 664. The molecule has 21 heavy (non-hydrogen) atoms. The van der Waals surface area contributed by atoms with E-state index in [0.717, 1.165) is 28.8 Å². The molecule has 2 unspecified atom stereocenters. The summed E-state index contributed by atoms with van der Waals surface area (Å²) in [5.41, 5.74) is 3.03. The maximum absolute atomic E-state index is 12.6. The molecule has 0 radical (unpaired) electrons. The van der Waals surface area contributed by atoms with E-state index in [1.807, 2.05) is 29.7 Å². The van der Waals surface area contributed by atoms with E-state index in [-0.39, 0.29) is 5.91 Å². The van der Waals surface area contributed by atoms with Gasteiger partial charge in [0.2, 0.25) is 5.91 Å². The number of thioether (sulfide) groups is 1. The second kappa shape index (κ2) is 5.76. The molecule has 112 valence electrons. The van der Waals surface area contributed by atoms with Crippen LogP contribution in [0.1, 0.15) is 25.0 Å². The number of hydrogen-bond donors (Lipinski definition) is 0. The van der Waals surface area contributed by atoms with E-state index in [4.69, 9.17) is 4.42 Å². The van der Waals surface area contributed by atoms with Gasteiger partial charge in [-0.2, -0.15) is 11.8 Å². The number of nitrogens with zero attached hydrogens (tertiary/aromatic N) is 1. The molecule has 0 aliphatic carbocycles.